The van der Waals surface area contributed by atoms with E-state index in [4.69, 9.17) is 4.42 Å². The highest BCUT2D eigenvalue weighted by molar-refractivity contribution is 5.75. The SMILES string of the molecule is CC1CCN(C(C)CNC(=O)CCCc2ncc(-c3ccccc3)o2)CC1. The molecule has 27 heavy (non-hydrogen) atoms. The Balaban J connectivity index is 1.34. The van der Waals surface area contributed by atoms with E-state index in [1.807, 2.05) is 30.3 Å². The summed E-state index contributed by atoms with van der Waals surface area (Å²) in [4.78, 5) is 18.9. The number of aryl methyl sites for hydroxylation is 1. The van der Waals surface area contributed by atoms with Gasteiger partial charge in [-0.05, 0) is 45.2 Å². The maximum Gasteiger partial charge on any atom is 0.220 e. The Bertz CT molecular complexity index is 705. The van der Waals surface area contributed by atoms with Crippen molar-refractivity contribution in [3.8, 4) is 11.3 Å². The second-order valence-electron chi connectivity index (χ2n) is 7.71. The normalized spacial score (nSPS) is 17.0. The van der Waals surface area contributed by atoms with Gasteiger partial charge in [0.15, 0.2) is 11.7 Å². The van der Waals surface area contributed by atoms with E-state index >= 15 is 0 Å². The molecule has 3 rings (SSSR count). The van der Waals surface area contributed by atoms with Crippen LogP contribution in [0.2, 0.25) is 0 Å². The lowest BCUT2D eigenvalue weighted by Crippen LogP contribution is -2.45. The number of hydrogen-bond acceptors (Lipinski definition) is 4. The first kappa shape index (κ1) is 19.6. The highest BCUT2D eigenvalue weighted by Gasteiger charge is 2.20. The Morgan fingerprint density at radius 3 is 2.78 bits per heavy atom. The standard InChI is InChI=1S/C22H31N3O2/c1-17-11-13-25(14-12-17)18(2)15-23-21(26)9-6-10-22-24-16-20(27-22)19-7-4-3-5-8-19/h3-5,7-8,16-18H,6,9-15H2,1-2H3,(H,23,26). The zero-order chi connectivity index (χ0) is 19.1. The van der Waals surface area contributed by atoms with Crippen molar-refractivity contribution >= 4 is 5.91 Å². The summed E-state index contributed by atoms with van der Waals surface area (Å²) in [5, 5.41) is 3.08. The van der Waals surface area contributed by atoms with Crippen molar-refractivity contribution < 1.29 is 9.21 Å². The number of carbonyl (C=O) groups excluding carboxylic acids is 1. The first-order valence-corrected chi connectivity index (χ1v) is 10.1. The van der Waals surface area contributed by atoms with Gasteiger partial charge >= 0.3 is 0 Å². The monoisotopic (exact) mass is 369 g/mol. The molecule has 1 aliphatic rings. The number of aromatic nitrogens is 1. The van der Waals surface area contributed by atoms with Gasteiger partial charge in [0.2, 0.25) is 5.91 Å². The highest BCUT2D eigenvalue weighted by atomic mass is 16.4. The van der Waals surface area contributed by atoms with Crippen molar-refractivity contribution in [1.29, 1.82) is 0 Å². The van der Waals surface area contributed by atoms with E-state index in [9.17, 15) is 4.79 Å². The summed E-state index contributed by atoms with van der Waals surface area (Å²) in [7, 11) is 0. The molecule has 0 aliphatic carbocycles. The zero-order valence-electron chi connectivity index (χ0n) is 16.5. The molecule has 2 aromatic rings. The van der Waals surface area contributed by atoms with Crippen molar-refractivity contribution in [3.63, 3.8) is 0 Å². The molecule has 1 fully saturated rings. The van der Waals surface area contributed by atoms with Gasteiger partial charge in [-0.15, -0.1) is 0 Å². The van der Waals surface area contributed by atoms with Crippen molar-refractivity contribution in [1.82, 2.24) is 15.2 Å². The van der Waals surface area contributed by atoms with Crippen LogP contribution in [0.15, 0.2) is 40.9 Å². The number of amides is 1. The Morgan fingerprint density at radius 1 is 1.30 bits per heavy atom. The predicted molar refractivity (Wildman–Crippen MR) is 107 cm³/mol. The summed E-state index contributed by atoms with van der Waals surface area (Å²) < 4.78 is 5.79. The largest absolute Gasteiger partial charge is 0.441 e. The van der Waals surface area contributed by atoms with E-state index in [1.165, 1.54) is 12.8 Å². The highest BCUT2D eigenvalue weighted by Crippen LogP contribution is 2.20. The topological polar surface area (TPSA) is 58.4 Å². The fourth-order valence-corrected chi connectivity index (χ4v) is 3.51. The minimum Gasteiger partial charge on any atom is -0.441 e. The summed E-state index contributed by atoms with van der Waals surface area (Å²) in [6.45, 7) is 7.54. The molecule has 1 N–H and O–H groups in total. The number of likely N-dealkylation sites (tertiary alicyclic amines) is 1. The average molecular weight is 370 g/mol. The third-order valence-electron chi connectivity index (χ3n) is 5.44. The molecule has 1 aromatic carbocycles. The van der Waals surface area contributed by atoms with E-state index < -0.39 is 0 Å². The molecular weight excluding hydrogens is 338 g/mol. The maximum atomic E-state index is 12.1. The lowest BCUT2D eigenvalue weighted by molar-refractivity contribution is -0.121. The molecule has 1 atom stereocenters. The molecule has 1 unspecified atom stereocenters. The molecule has 0 saturated carbocycles. The molecule has 146 valence electrons. The molecule has 0 bridgehead atoms. The summed E-state index contributed by atoms with van der Waals surface area (Å²) in [5.74, 6) is 2.42. The van der Waals surface area contributed by atoms with E-state index in [-0.39, 0.29) is 5.91 Å². The van der Waals surface area contributed by atoms with Gasteiger partial charge in [-0.2, -0.15) is 0 Å². The van der Waals surface area contributed by atoms with E-state index in [1.54, 1.807) is 6.20 Å². The van der Waals surface area contributed by atoms with Crippen LogP contribution in [0.4, 0.5) is 0 Å². The molecule has 1 amide bonds. The molecule has 1 saturated heterocycles. The average Bonchev–Trinajstić information content (AvgIpc) is 3.16. The van der Waals surface area contributed by atoms with Crippen LogP contribution in [0.25, 0.3) is 11.3 Å². The van der Waals surface area contributed by atoms with Gasteiger partial charge in [0.25, 0.3) is 0 Å². The molecule has 1 aromatic heterocycles. The van der Waals surface area contributed by atoms with Crippen LogP contribution in [0.1, 0.15) is 45.4 Å². The summed E-state index contributed by atoms with van der Waals surface area (Å²) in [5.41, 5.74) is 1.02. The number of rotatable bonds is 8. The Kier molecular flexibility index (Phi) is 7.04. The minimum absolute atomic E-state index is 0.113. The van der Waals surface area contributed by atoms with Gasteiger partial charge in [-0.3, -0.25) is 9.69 Å². The summed E-state index contributed by atoms with van der Waals surface area (Å²) in [6, 6.07) is 10.3. The maximum absolute atomic E-state index is 12.1. The molecule has 2 heterocycles. The first-order valence-electron chi connectivity index (χ1n) is 10.1. The minimum atomic E-state index is 0.113. The van der Waals surface area contributed by atoms with Gasteiger partial charge in [0.1, 0.15) is 0 Å². The Labute approximate surface area is 162 Å². The van der Waals surface area contributed by atoms with Crippen LogP contribution in [0.3, 0.4) is 0 Å². The third-order valence-corrected chi connectivity index (χ3v) is 5.44. The molecule has 5 nitrogen and oxygen atoms in total. The zero-order valence-corrected chi connectivity index (χ0v) is 16.5. The second kappa shape index (κ2) is 9.70. The summed E-state index contributed by atoms with van der Waals surface area (Å²) >= 11 is 0. The molecular formula is C22H31N3O2. The van der Waals surface area contributed by atoms with Crippen molar-refractivity contribution in [2.24, 2.45) is 5.92 Å². The molecule has 0 radical (unpaired) electrons. The summed E-state index contributed by atoms with van der Waals surface area (Å²) in [6.07, 6.45) is 6.22. The number of hydrogen-bond donors (Lipinski definition) is 1. The van der Waals surface area contributed by atoms with Crippen molar-refractivity contribution in [3.05, 3.63) is 42.4 Å². The van der Waals surface area contributed by atoms with Crippen LogP contribution in [-0.2, 0) is 11.2 Å². The number of carbonyl (C=O) groups is 1. The van der Waals surface area contributed by atoms with Crippen LogP contribution in [0, 0.1) is 5.92 Å². The van der Waals surface area contributed by atoms with Crippen LogP contribution in [-0.4, -0.2) is 41.5 Å². The van der Waals surface area contributed by atoms with Gasteiger partial charge < -0.3 is 9.73 Å². The lowest BCUT2D eigenvalue weighted by atomic mass is 9.98. The van der Waals surface area contributed by atoms with Crippen LogP contribution in [0.5, 0.6) is 0 Å². The van der Waals surface area contributed by atoms with E-state index in [2.05, 4.69) is 29.0 Å². The van der Waals surface area contributed by atoms with Crippen LogP contribution < -0.4 is 5.32 Å². The van der Waals surface area contributed by atoms with E-state index in [0.717, 1.165) is 43.3 Å². The lowest BCUT2D eigenvalue weighted by Gasteiger charge is -2.35. The van der Waals surface area contributed by atoms with Gasteiger partial charge in [0, 0.05) is 31.0 Å². The Hall–Kier alpha value is -2.14. The van der Waals surface area contributed by atoms with Crippen molar-refractivity contribution in [2.75, 3.05) is 19.6 Å². The van der Waals surface area contributed by atoms with Gasteiger partial charge in [0.05, 0.1) is 6.20 Å². The fourth-order valence-electron chi connectivity index (χ4n) is 3.51. The number of nitrogens with one attached hydrogen (secondary N) is 1. The smallest absolute Gasteiger partial charge is 0.220 e. The van der Waals surface area contributed by atoms with E-state index in [0.29, 0.717) is 24.8 Å². The van der Waals surface area contributed by atoms with Crippen molar-refractivity contribution in [2.45, 2.75) is 52.0 Å². The first-order chi connectivity index (χ1) is 13.1. The van der Waals surface area contributed by atoms with Gasteiger partial charge in [-0.1, -0.05) is 37.3 Å². The predicted octanol–water partition coefficient (Wildman–Crippen LogP) is 3.90. The molecule has 5 heteroatoms. The number of oxazole rings is 1. The third kappa shape index (κ3) is 5.93. The fraction of sp³-hybridized carbons (Fsp3) is 0.545. The van der Waals surface area contributed by atoms with Gasteiger partial charge in [-0.25, -0.2) is 4.98 Å². The number of piperidine rings is 1. The second-order valence-corrected chi connectivity index (χ2v) is 7.71. The quantitative estimate of drug-likeness (QED) is 0.767. The molecule has 1 aliphatic heterocycles. The van der Waals surface area contributed by atoms with Crippen LogP contribution >= 0.6 is 0 Å². The Morgan fingerprint density at radius 2 is 2.04 bits per heavy atom. The number of nitrogens with zero attached hydrogens (tertiary/aromatic N) is 2. The number of benzene rings is 1. The molecule has 0 spiro atoms.